The van der Waals surface area contributed by atoms with Crippen LogP contribution in [0.15, 0.2) is 35.8 Å². The number of nitrogens with one attached hydrogen (secondary N) is 1. The molecule has 0 spiro atoms. The van der Waals surface area contributed by atoms with Crippen molar-refractivity contribution in [2.75, 3.05) is 38.0 Å². The molecule has 2 aromatic heterocycles. The van der Waals surface area contributed by atoms with E-state index >= 15 is 0 Å². The van der Waals surface area contributed by atoms with E-state index in [9.17, 15) is 9.59 Å². The van der Waals surface area contributed by atoms with Gasteiger partial charge in [-0.15, -0.1) is 21.5 Å². The third kappa shape index (κ3) is 3.74. The zero-order valence-electron chi connectivity index (χ0n) is 13.9. The van der Waals surface area contributed by atoms with Gasteiger partial charge in [-0.1, -0.05) is 29.5 Å². The Bertz CT molecular complexity index is 883. The monoisotopic (exact) mass is 387 g/mol. The Kier molecular flexibility index (Phi) is 4.91. The highest BCUT2D eigenvalue weighted by molar-refractivity contribution is 7.20. The van der Waals surface area contributed by atoms with E-state index in [2.05, 4.69) is 15.5 Å². The van der Waals surface area contributed by atoms with Gasteiger partial charge in [0.1, 0.15) is 5.51 Å². The van der Waals surface area contributed by atoms with Crippen LogP contribution in [0.2, 0.25) is 0 Å². The molecule has 1 aliphatic heterocycles. The molecule has 7 nitrogen and oxygen atoms in total. The SMILES string of the molecule is O=C(CN1CCN(C(=O)c2cc3ccccc3s2)CC1)Nc1nncs1. The highest BCUT2D eigenvalue weighted by Crippen LogP contribution is 2.26. The summed E-state index contributed by atoms with van der Waals surface area (Å²) in [5, 5.41) is 11.8. The Morgan fingerprint density at radius 1 is 1.15 bits per heavy atom. The van der Waals surface area contributed by atoms with Crippen molar-refractivity contribution >= 4 is 49.7 Å². The quantitative estimate of drug-likeness (QED) is 0.742. The van der Waals surface area contributed by atoms with E-state index in [0.29, 0.717) is 37.9 Å². The first-order valence-corrected chi connectivity index (χ1v) is 9.95. The summed E-state index contributed by atoms with van der Waals surface area (Å²) < 4.78 is 1.13. The Morgan fingerprint density at radius 3 is 2.69 bits per heavy atom. The van der Waals surface area contributed by atoms with E-state index in [1.807, 2.05) is 40.1 Å². The van der Waals surface area contributed by atoms with Crippen LogP contribution in [0, 0.1) is 0 Å². The Morgan fingerprint density at radius 2 is 1.96 bits per heavy atom. The zero-order chi connectivity index (χ0) is 17.9. The first kappa shape index (κ1) is 17.1. The number of hydrogen-bond donors (Lipinski definition) is 1. The number of hydrogen-bond acceptors (Lipinski definition) is 7. The molecule has 26 heavy (non-hydrogen) atoms. The predicted molar refractivity (Wildman–Crippen MR) is 103 cm³/mol. The molecule has 2 amide bonds. The van der Waals surface area contributed by atoms with E-state index in [1.54, 1.807) is 5.51 Å². The van der Waals surface area contributed by atoms with Gasteiger partial charge in [0.15, 0.2) is 0 Å². The molecule has 0 aliphatic carbocycles. The minimum absolute atomic E-state index is 0.0733. The minimum atomic E-state index is -0.106. The zero-order valence-corrected chi connectivity index (χ0v) is 15.6. The van der Waals surface area contributed by atoms with Crippen LogP contribution in [0.1, 0.15) is 9.67 Å². The highest BCUT2D eigenvalue weighted by atomic mass is 32.1. The fourth-order valence-corrected chi connectivity index (χ4v) is 4.43. The third-order valence-corrected chi connectivity index (χ3v) is 5.98. The summed E-state index contributed by atoms with van der Waals surface area (Å²) in [6, 6.07) is 9.99. The summed E-state index contributed by atoms with van der Waals surface area (Å²) in [5.41, 5.74) is 1.58. The van der Waals surface area contributed by atoms with Gasteiger partial charge in [0.25, 0.3) is 5.91 Å². The van der Waals surface area contributed by atoms with E-state index < -0.39 is 0 Å². The van der Waals surface area contributed by atoms with Gasteiger partial charge in [-0.05, 0) is 17.5 Å². The highest BCUT2D eigenvalue weighted by Gasteiger charge is 2.24. The Hall–Kier alpha value is -2.36. The molecule has 0 unspecified atom stereocenters. The summed E-state index contributed by atoms with van der Waals surface area (Å²) in [6.45, 7) is 2.91. The number of thiophene rings is 1. The minimum Gasteiger partial charge on any atom is -0.335 e. The molecular weight excluding hydrogens is 370 g/mol. The molecule has 3 aromatic rings. The lowest BCUT2D eigenvalue weighted by atomic mass is 10.2. The van der Waals surface area contributed by atoms with Crippen molar-refractivity contribution in [2.45, 2.75) is 0 Å². The van der Waals surface area contributed by atoms with Crippen LogP contribution in [0.25, 0.3) is 10.1 Å². The van der Waals surface area contributed by atoms with Crippen LogP contribution in [0.4, 0.5) is 5.13 Å². The molecule has 1 fully saturated rings. The molecule has 0 saturated carbocycles. The fourth-order valence-electron chi connectivity index (χ4n) is 2.94. The van der Waals surface area contributed by atoms with Crippen molar-refractivity contribution in [3.05, 3.63) is 40.7 Å². The largest absolute Gasteiger partial charge is 0.335 e. The second kappa shape index (κ2) is 7.48. The summed E-state index contributed by atoms with van der Waals surface area (Å²) in [4.78, 5) is 29.4. The normalized spacial score (nSPS) is 15.3. The third-order valence-electron chi connectivity index (χ3n) is 4.27. The molecule has 1 aromatic carbocycles. The van der Waals surface area contributed by atoms with Crippen molar-refractivity contribution in [1.29, 1.82) is 0 Å². The maximum Gasteiger partial charge on any atom is 0.264 e. The molecule has 1 saturated heterocycles. The molecule has 9 heteroatoms. The van der Waals surface area contributed by atoms with Crippen LogP contribution in [-0.4, -0.2) is 64.5 Å². The van der Waals surface area contributed by atoms with Gasteiger partial charge in [-0.25, -0.2) is 0 Å². The van der Waals surface area contributed by atoms with E-state index in [0.717, 1.165) is 15.0 Å². The second-order valence-electron chi connectivity index (χ2n) is 6.01. The molecule has 4 rings (SSSR count). The topological polar surface area (TPSA) is 78.4 Å². The fraction of sp³-hybridized carbons (Fsp3) is 0.294. The molecule has 0 atom stereocenters. The van der Waals surface area contributed by atoms with Gasteiger partial charge < -0.3 is 4.90 Å². The summed E-state index contributed by atoms with van der Waals surface area (Å²) in [6.07, 6.45) is 0. The van der Waals surface area contributed by atoms with Crippen molar-refractivity contribution in [1.82, 2.24) is 20.0 Å². The summed E-state index contributed by atoms with van der Waals surface area (Å²) in [7, 11) is 0. The van der Waals surface area contributed by atoms with Gasteiger partial charge >= 0.3 is 0 Å². The lowest BCUT2D eigenvalue weighted by Gasteiger charge is -2.34. The number of amides is 2. The number of rotatable bonds is 4. The first-order valence-electron chi connectivity index (χ1n) is 8.25. The standard InChI is InChI=1S/C17H17N5O2S2/c23-15(19-17-20-18-11-25-17)10-21-5-7-22(8-6-21)16(24)14-9-12-3-1-2-4-13(12)26-14/h1-4,9,11H,5-8,10H2,(H,19,20,23). The van der Waals surface area contributed by atoms with Crippen molar-refractivity contribution in [3.63, 3.8) is 0 Å². The smallest absolute Gasteiger partial charge is 0.264 e. The molecule has 0 bridgehead atoms. The van der Waals surface area contributed by atoms with Crippen LogP contribution in [0.5, 0.6) is 0 Å². The summed E-state index contributed by atoms with van der Waals surface area (Å²) >= 11 is 2.82. The molecule has 3 heterocycles. The molecule has 0 radical (unpaired) electrons. The molecule has 134 valence electrons. The van der Waals surface area contributed by atoms with Crippen molar-refractivity contribution in [2.24, 2.45) is 0 Å². The first-order chi connectivity index (χ1) is 12.7. The number of carbonyl (C=O) groups excluding carboxylic acids is 2. The van der Waals surface area contributed by atoms with E-state index in [4.69, 9.17) is 0 Å². The average molecular weight is 387 g/mol. The number of carbonyl (C=O) groups is 2. The van der Waals surface area contributed by atoms with Crippen LogP contribution in [-0.2, 0) is 4.79 Å². The summed E-state index contributed by atoms with van der Waals surface area (Å²) in [5.74, 6) is -0.0322. The van der Waals surface area contributed by atoms with Gasteiger partial charge in [-0.3, -0.25) is 19.8 Å². The van der Waals surface area contributed by atoms with Gasteiger partial charge in [0.2, 0.25) is 11.0 Å². The second-order valence-corrected chi connectivity index (χ2v) is 7.93. The van der Waals surface area contributed by atoms with Gasteiger partial charge in [-0.2, -0.15) is 0 Å². The average Bonchev–Trinajstić information content (AvgIpc) is 3.31. The Balaban J connectivity index is 1.31. The van der Waals surface area contributed by atoms with Crippen LogP contribution < -0.4 is 5.32 Å². The number of aromatic nitrogens is 2. The van der Waals surface area contributed by atoms with E-state index in [-0.39, 0.29) is 11.8 Å². The lowest BCUT2D eigenvalue weighted by Crippen LogP contribution is -2.50. The molecule has 1 aliphatic rings. The number of benzene rings is 1. The maximum absolute atomic E-state index is 12.7. The van der Waals surface area contributed by atoms with Crippen LogP contribution in [0.3, 0.4) is 0 Å². The number of piperazine rings is 1. The van der Waals surface area contributed by atoms with E-state index in [1.165, 1.54) is 22.7 Å². The number of nitrogens with zero attached hydrogens (tertiary/aromatic N) is 4. The number of fused-ring (bicyclic) bond motifs is 1. The maximum atomic E-state index is 12.7. The molecule has 1 N–H and O–H groups in total. The van der Waals surface area contributed by atoms with Gasteiger partial charge in [0.05, 0.1) is 11.4 Å². The molecular formula is C17H17N5O2S2. The lowest BCUT2D eigenvalue weighted by molar-refractivity contribution is -0.117. The van der Waals surface area contributed by atoms with Crippen molar-refractivity contribution < 1.29 is 9.59 Å². The van der Waals surface area contributed by atoms with Crippen LogP contribution >= 0.6 is 22.7 Å². The number of anilines is 1. The van der Waals surface area contributed by atoms with Gasteiger partial charge in [0, 0.05) is 30.9 Å². The predicted octanol–water partition coefficient (Wildman–Crippen LogP) is 2.15. The Labute approximate surface area is 158 Å². The van der Waals surface area contributed by atoms with Crippen molar-refractivity contribution in [3.8, 4) is 0 Å².